The third kappa shape index (κ3) is 2.92. The van der Waals surface area contributed by atoms with Gasteiger partial charge in [0.25, 0.3) is 0 Å². The van der Waals surface area contributed by atoms with Crippen LogP contribution in [0.3, 0.4) is 0 Å². The van der Waals surface area contributed by atoms with Crippen LogP contribution in [0.1, 0.15) is 39.7 Å². The van der Waals surface area contributed by atoms with Gasteiger partial charge in [-0.15, -0.1) is 0 Å². The van der Waals surface area contributed by atoms with Crippen molar-refractivity contribution in [3.8, 4) is 0 Å². The van der Waals surface area contributed by atoms with E-state index in [-0.39, 0.29) is 5.60 Å². The van der Waals surface area contributed by atoms with E-state index in [1.165, 1.54) is 0 Å². The lowest BCUT2D eigenvalue weighted by Gasteiger charge is -2.35. The van der Waals surface area contributed by atoms with Gasteiger partial charge in [-0.3, -0.25) is 0 Å². The zero-order chi connectivity index (χ0) is 14.5. The molecule has 1 unspecified atom stereocenters. The van der Waals surface area contributed by atoms with Gasteiger partial charge < -0.3 is 9.84 Å². The van der Waals surface area contributed by atoms with E-state index in [1.54, 1.807) is 6.07 Å². The fourth-order valence-corrected chi connectivity index (χ4v) is 3.32. The van der Waals surface area contributed by atoms with Gasteiger partial charge in [-0.1, -0.05) is 29.3 Å². The summed E-state index contributed by atoms with van der Waals surface area (Å²) in [5, 5.41) is 12.0. The Morgan fingerprint density at radius 2 is 1.79 bits per heavy atom. The minimum absolute atomic E-state index is 0.325. The van der Waals surface area contributed by atoms with E-state index in [2.05, 4.69) is 0 Å². The topological polar surface area (TPSA) is 29.5 Å². The zero-order valence-corrected chi connectivity index (χ0v) is 13.3. The van der Waals surface area contributed by atoms with Gasteiger partial charge in [0, 0.05) is 12.8 Å². The number of ether oxygens (including phenoxy) is 1. The molecule has 0 radical (unpaired) electrons. The van der Waals surface area contributed by atoms with Crippen molar-refractivity contribution in [3.05, 3.63) is 33.8 Å². The highest BCUT2D eigenvalue weighted by molar-refractivity contribution is 6.42. The standard InChI is InChI=1S/C15H20Cl2O2/c1-13(2)9-15(18,14(3,4)19-13)8-10-5-6-11(16)12(17)7-10/h5-7,18H,8-9H2,1-4H3. The molecule has 1 aromatic carbocycles. The molecule has 0 aromatic heterocycles. The predicted molar refractivity (Wildman–Crippen MR) is 79.0 cm³/mol. The van der Waals surface area contributed by atoms with E-state index >= 15 is 0 Å². The summed E-state index contributed by atoms with van der Waals surface area (Å²) in [6, 6.07) is 5.47. The summed E-state index contributed by atoms with van der Waals surface area (Å²) in [6.45, 7) is 7.86. The molecule has 1 aliphatic rings. The second-order valence-electron chi connectivity index (χ2n) is 6.51. The Kier molecular flexibility index (Phi) is 3.68. The molecule has 19 heavy (non-hydrogen) atoms. The molecule has 1 fully saturated rings. The van der Waals surface area contributed by atoms with Crippen LogP contribution < -0.4 is 0 Å². The molecule has 2 rings (SSSR count). The van der Waals surface area contributed by atoms with Crippen LogP contribution in [0.2, 0.25) is 10.0 Å². The Labute approximate surface area is 124 Å². The Morgan fingerprint density at radius 1 is 1.16 bits per heavy atom. The lowest BCUT2D eigenvalue weighted by Crippen LogP contribution is -2.48. The van der Waals surface area contributed by atoms with Crippen molar-refractivity contribution in [2.45, 2.75) is 57.3 Å². The number of aliphatic hydroxyl groups is 1. The molecule has 1 aromatic rings. The lowest BCUT2D eigenvalue weighted by atomic mass is 9.78. The molecule has 4 heteroatoms. The van der Waals surface area contributed by atoms with Gasteiger partial charge in [0.05, 0.1) is 26.8 Å². The van der Waals surface area contributed by atoms with E-state index in [4.69, 9.17) is 27.9 Å². The van der Waals surface area contributed by atoms with Crippen LogP contribution in [-0.2, 0) is 11.2 Å². The van der Waals surface area contributed by atoms with Gasteiger partial charge in [0.1, 0.15) is 0 Å². The summed E-state index contributed by atoms with van der Waals surface area (Å²) in [5.74, 6) is 0. The van der Waals surface area contributed by atoms with Crippen LogP contribution >= 0.6 is 23.2 Å². The Hall–Kier alpha value is -0.280. The molecule has 2 nitrogen and oxygen atoms in total. The van der Waals surface area contributed by atoms with Crippen LogP contribution in [0.15, 0.2) is 18.2 Å². The van der Waals surface area contributed by atoms with E-state index in [0.29, 0.717) is 22.9 Å². The number of hydrogen-bond acceptors (Lipinski definition) is 2. The average Bonchev–Trinajstić information content (AvgIpc) is 2.36. The highest BCUT2D eigenvalue weighted by Gasteiger charge is 2.56. The minimum Gasteiger partial charge on any atom is -0.386 e. The number of benzene rings is 1. The predicted octanol–water partition coefficient (Wildman–Crippen LogP) is 4.24. The molecule has 1 aliphatic heterocycles. The molecule has 1 N–H and O–H groups in total. The molecule has 0 saturated carbocycles. The monoisotopic (exact) mass is 302 g/mol. The van der Waals surface area contributed by atoms with Gasteiger partial charge in [-0.05, 0) is 45.4 Å². The number of halogens is 2. The molecule has 0 spiro atoms. The molecule has 1 saturated heterocycles. The van der Waals surface area contributed by atoms with Crippen molar-refractivity contribution in [1.82, 2.24) is 0 Å². The Morgan fingerprint density at radius 3 is 2.26 bits per heavy atom. The maximum atomic E-state index is 11.0. The number of rotatable bonds is 2. The summed E-state index contributed by atoms with van der Waals surface area (Å²) in [4.78, 5) is 0. The normalized spacial score (nSPS) is 28.6. The lowest BCUT2D eigenvalue weighted by molar-refractivity contribution is -0.125. The first-order valence-electron chi connectivity index (χ1n) is 6.41. The molecular formula is C15H20Cl2O2. The van der Waals surface area contributed by atoms with Crippen molar-refractivity contribution in [2.75, 3.05) is 0 Å². The summed E-state index contributed by atoms with van der Waals surface area (Å²) >= 11 is 11.9. The van der Waals surface area contributed by atoms with Crippen molar-refractivity contribution in [3.63, 3.8) is 0 Å². The van der Waals surface area contributed by atoms with Crippen molar-refractivity contribution >= 4 is 23.2 Å². The van der Waals surface area contributed by atoms with E-state index < -0.39 is 11.2 Å². The van der Waals surface area contributed by atoms with Crippen LogP contribution in [0.4, 0.5) is 0 Å². The average molecular weight is 303 g/mol. The SMILES string of the molecule is CC1(C)CC(O)(Cc2ccc(Cl)c(Cl)c2)C(C)(C)O1. The molecular weight excluding hydrogens is 283 g/mol. The quantitative estimate of drug-likeness (QED) is 0.885. The van der Waals surface area contributed by atoms with Crippen molar-refractivity contribution < 1.29 is 9.84 Å². The molecule has 0 bridgehead atoms. The highest BCUT2D eigenvalue weighted by atomic mass is 35.5. The molecule has 1 atom stereocenters. The zero-order valence-electron chi connectivity index (χ0n) is 11.8. The second kappa shape index (κ2) is 4.63. The van der Waals surface area contributed by atoms with E-state index in [9.17, 15) is 5.11 Å². The third-order valence-electron chi connectivity index (χ3n) is 3.85. The second-order valence-corrected chi connectivity index (χ2v) is 7.32. The fraction of sp³-hybridized carbons (Fsp3) is 0.600. The minimum atomic E-state index is -0.909. The van der Waals surface area contributed by atoms with Gasteiger partial charge >= 0.3 is 0 Å². The fourth-order valence-electron chi connectivity index (χ4n) is 3.00. The van der Waals surface area contributed by atoms with E-state index in [1.807, 2.05) is 39.8 Å². The maximum Gasteiger partial charge on any atom is 0.0998 e. The molecule has 0 aliphatic carbocycles. The first kappa shape index (κ1) is 15.1. The molecule has 106 valence electrons. The summed E-state index contributed by atoms with van der Waals surface area (Å²) in [5.41, 5.74) is -0.864. The van der Waals surface area contributed by atoms with E-state index in [0.717, 1.165) is 5.56 Å². The van der Waals surface area contributed by atoms with Crippen molar-refractivity contribution in [1.29, 1.82) is 0 Å². The van der Waals surface area contributed by atoms with Crippen molar-refractivity contribution in [2.24, 2.45) is 0 Å². The largest absolute Gasteiger partial charge is 0.386 e. The van der Waals surface area contributed by atoms with Crippen LogP contribution in [0.5, 0.6) is 0 Å². The smallest absolute Gasteiger partial charge is 0.0998 e. The molecule has 0 amide bonds. The summed E-state index contributed by atoms with van der Waals surface area (Å²) in [6.07, 6.45) is 1.09. The third-order valence-corrected chi connectivity index (χ3v) is 4.59. The maximum absolute atomic E-state index is 11.0. The highest BCUT2D eigenvalue weighted by Crippen LogP contribution is 2.46. The van der Waals surface area contributed by atoms with Gasteiger partial charge in [0.15, 0.2) is 0 Å². The van der Waals surface area contributed by atoms with Gasteiger partial charge in [-0.25, -0.2) is 0 Å². The Bertz CT molecular complexity index is 497. The van der Waals surface area contributed by atoms with Crippen LogP contribution in [-0.4, -0.2) is 21.9 Å². The first-order chi connectivity index (χ1) is 8.55. The molecule has 1 heterocycles. The Balaban J connectivity index is 2.28. The first-order valence-corrected chi connectivity index (χ1v) is 7.17. The number of hydrogen-bond donors (Lipinski definition) is 1. The van der Waals surface area contributed by atoms with Gasteiger partial charge in [0.2, 0.25) is 0 Å². The summed E-state index contributed by atoms with van der Waals surface area (Å²) < 4.78 is 5.97. The van der Waals surface area contributed by atoms with Crippen LogP contribution in [0.25, 0.3) is 0 Å². The summed E-state index contributed by atoms with van der Waals surface area (Å²) in [7, 11) is 0. The van der Waals surface area contributed by atoms with Gasteiger partial charge in [-0.2, -0.15) is 0 Å². The van der Waals surface area contributed by atoms with Crippen LogP contribution in [0, 0.1) is 0 Å².